The van der Waals surface area contributed by atoms with E-state index in [-0.39, 0.29) is 31.4 Å². The van der Waals surface area contributed by atoms with E-state index in [9.17, 15) is 14.4 Å². The van der Waals surface area contributed by atoms with E-state index in [1.54, 1.807) is 13.8 Å². The topological polar surface area (TPSA) is 108 Å². The minimum absolute atomic E-state index is 0.0704. The zero-order valence-corrected chi connectivity index (χ0v) is 20.8. The molecular weight excluding hydrogens is 446 g/mol. The quantitative estimate of drug-likeness (QED) is 0.454. The minimum Gasteiger partial charge on any atom is -0.481 e. The second kappa shape index (κ2) is 11.4. The zero-order chi connectivity index (χ0) is 25.6. The summed E-state index contributed by atoms with van der Waals surface area (Å²) in [5.74, 6) is -1.36. The van der Waals surface area contributed by atoms with E-state index >= 15 is 0 Å². The average molecular weight is 482 g/mol. The highest BCUT2D eigenvalue weighted by atomic mass is 16.5. The fourth-order valence-corrected chi connectivity index (χ4v) is 4.36. The second-order valence-electron chi connectivity index (χ2n) is 10.1. The van der Waals surface area contributed by atoms with Gasteiger partial charge in [0.25, 0.3) is 0 Å². The predicted molar refractivity (Wildman–Crippen MR) is 134 cm³/mol. The highest BCUT2D eigenvalue weighted by Gasteiger charge is 2.30. The molecule has 8 heteroatoms. The maximum atomic E-state index is 12.9. The number of nitrogens with zero attached hydrogens (tertiary/aromatic N) is 1. The Hall–Kier alpha value is -3.39. The van der Waals surface area contributed by atoms with E-state index in [2.05, 4.69) is 22.8 Å². The summed E-state index contributed by atoms with van der Waals surface area (Å²) in [4.78, 5) is 38.6. The lowest BCUT2D eigenvalue weighted by Gasteiger charge is -2.25. The number of fused-ring (bicyclic) bond motifs is 3. The molecule has 2 aromatic carbocycles. The molecule has 0 bridgehead atoms. The van der Waals surface area contributed by atoms with Gasteiger partial charge in [-0.15, -0.1) is 0 Å². The fraction of sp³-hybridized carbons (Fsp3) is 0.444. The van der Waals surface area contributed by atoms with E-state index in [0.717, 1.165) is 22.3 Å². The Morgan fingerprint density at radius 3 is 2.14 bits per heavy atom. The largest absolute Gasteiger partial charge is 0.481 e. The molecule has 0 aromatic heterocycles. The summed E-state index contributed by atoms with van der Waals surface area (Å²) in [6, 6.07) is 15.4. The summed E-state index contributed by atoms with van der Waals surface area (Å²) in [5.41, 5.74) is 3.90. The van der Waals surface area contributed by atoms with Crippen LogP contribution in [0.25, 0.3) is 11.1 Å². The van der Waals surface area contributed by atoms with Crippen LogP contribution in [-0.4, -0.2) is 67.8 Å². The number of benzene rings is 2. The summed E-state index contributed by atoms with van der Waals surface area (Å²) >= 11 is 0. The molecule has 0 spiro atoms. The Morgan fingerprint density at radius 2 is 1.60 bits per heavy atom. The first-order valence-electron chi connectivity index (χ1n) is 11.8. The predicted octanol–water partition coefficient (Wildman–Crippen LogP) is 3.46. The van der Waals surface area contributed by atoms with Crippen LogP contribution < -0.4 is 10.6 Å². The first-order valence-corrected chi connectivity index (χ1v) is 11.8. The van der Waals surface area contributed by atoms with Crippen LogP contribution in [0.3, 0.4) is 0 Å². The number of hydrogen-bond donors (Lipinski definition) is 3. The zero-order valence-electron chi connectivity index (χ0n) is 20.8. The Kier molecular flexibility index (Phi) is 8.51. The lowest BCUT2D eigenvalue weighted by molar-refractivity contribution is -0.139. The van der Waals surface area contributed by atoms with E-state index < -0.39 is 23.5 Å². The molecule has 0 saturated heterocycles. The summed E-state index contributed by atoms with van der Waals surface area (Å²) in [6.07, 6.45) is -0.340. The van der Waals surface area contributed by atoms with Gasteiger partial charge in [0, 0.05) is 12.5 Å². The summed E-state index contributed by atoms with van der Waals surface area (Å²) in [5, 5.41) is 14.6. The van der Waals surface area contributed by atoms with Crippen LogP contribution in [0.2, 0.25) is 0 Å². The molecule has 0 heterocycles. The molecule has 1 aliphatic rings. The van der Waals surface area contributed by atoms with Gasteiger partial charge < -0.3 is 25.4 Å². The number of carboxylic acids is 1. The second-order valence-corrected chi connectivity index (χ2v) is 10.1. The summed E-state index contributed by atoms with van der Waals surface area (Å²) in [7, 11) is 3.77. The molecule has 0 saturated carbocycles. The Morgan fingerprint density at radius 1 is 1.03 bits per heavy atom. The molecule has 188 valence electrons. The number of nitrogens with one attached hydrogen (secondary N) is 2. The lowest BCUT2D eigenvalue weighted by Crippen LogP contribution is -2.50. The van der Waals surface area contributed by atoms with Crippen molar-refractivity contribution in [2.75, 3.05) is 33.8 Å². The first kappa shape index (κ1) is 26.2. The molecule has 0 radical (unpaired) electrons. The molecule has 35 heavy (non-hydrogen) atoms. The Balaban J connectivity index is 1.63. The minimum atomic E-state index is -0.926. The van der Waals surface area contributed by atoms with Crippen LogP contribution in [0.15, 0.2) is 48.5 Å². The van der Waals surface area contributed by atoms with Crippen molar-refractivity contribution in [3.63, 3.8) is 0 Å². The van der Waals surface area contributed by atoms with Crippen molar-refractivity contribution < 1.29 is 24.2 Å². The smallest absolute Gasteiger partial charge is 0.407 e. The molecule has 0 aliphatic heterocycles. The van der Waals surface area contributed by atoms with Crippen molar-refractivity contribution in [1.82, 2.24) is 15.5 Å². The highest BCUT2D eigenvalue weighted by molar-refractivity contribution is 5.86. The van der Waals surface area contributed by atoms with Gasteiger partial charge in [-0.2, -0.15) is 0 Å². The van der Waals surface area contributed by atoms with Crippen molar-refractivity contribution in [2.45, 2.75) is 38.6 Å². The molecule has 2 aromatic rings. The number of aliphatic carboxylic acids is 1. The van der Waals surface area contributed by atoms with Crippen LogP contribution >= 0.6 is 0 Å². The van der Waals surface area contributed by atoms with Gasteiger partial charge in [-0.05, 0) is 54.7 Å². The fourth-order valence-electron chi connectivity index (χ4n) is 4.36. The number of carbonyl (C=O) groups is 3. The molecule has 2 amide bonds. The number of alkyl carbamates (subject to hydrolysis) is 1. The van der Waals surface area contributed by atoms with Crippen LogP contribution in [0.5, 0.6) is 0 Å². The maximum absolute atomic E-state index is 12.9. The lowest BCUT2D eigenvalue weighted by atomic mass is 9.89. The molecule has 1 unspecified atom stereocenters. The van der Waals surface area contributed by atoms with Gasteiger partial charge in [-0.1, -0.05) is 62.4 Å². The van der Waals surface area contributed by atoms with E-state index in [0.29, 0.717) is 13.0 Å². The number of rotatable bonds is 11. The van der Waals surface area contributed by atoms with Crippen molar-refractivity contribution in [2.24, 2.45) is 5.41 Å². The molecule has 1 atom stereocenters. The third kappa shape index (κ3) is 7.05. The van der Waals surface area contributed by atoms with Gasteiger partial charge in [-0.3, -0.25) is 9.59 Å². The van der Waals surface area contributed by atoms with Crippen molar-refractivity contribution >= 4 is 18.0 Å². The van der Waals surface area contributed by atoms with Gasteiger partial charge in [0.1, 0.15) is 12.6 Å². The van der Waals surface area contributed by atoms with Gasteiger partial charge in [0.2, 0.25) is 5.91 Å². The van der Waals surface area contributed by atoms with E-state index in [1.807, 2.05) is 55.4 Å². The molecule has 8 nitrogen and oxygen atoms in total. The van der Waals surface area contributed by atoms with Crippen LogP contribution in [-0.2, 0) is 14.3 Å². The SMILES string of the molecule is CN(C)CCC(NC(=O)OCC1c2ccccc2-c2ccccc21)C(=O)NCC(C)(C)CC(=O)O. The number of ether oxygens (including phenoxy) is 1. The summed E-state index contributed by atoms with van der Waals surface area (Å²) in [6.45, 7) is 4.47. The normalized spacial score (nSPS) is 13.6. The van der Waals surface area contributed by atoms with Gasteiger partial charge in [0.15, 0.2) is 0 Å². The highest BCUT2D eigenvalue weighted by Crippen LogP contribution is 2.44. The van der Waals surface area contributed by atoms with Crippen molar-refractivity contribution in [3.8, 4) is 11.1 Å². The van der Waals surface area contributed by atoms with Crippen molar-refractivity contribution in [1.29, 1.82) is 0 Å². The number of carbonyl (C=O) groups excluding carboxylic acids is 2. The molecule has 3 N–H and O–H groups in total. The van der Waals surface area contributed by atoms with Gasteiger partial charge in [0.05, 0.1) is 6.42 Å². The van der Waals surface area contributed by atoms with E-state index in [1.165, 1.54) is 0 Å². The molecular formula is C27H35N3O5. The Labute approximate surface area is 206 Å². The van der Waals surface area contributed by atoms with Crippen LogP contribution in [0, 0.1) is 5.41 Å². The van der Waals surface area contributed by atoms with Crippen LogP contribution in [0.4, 0.5) is 4.79 Å². The molecule has 0 fully saturated rings. The van der Waals surface area contributed by atoms with Crippen molar-refractivity contribution in [3.05, 3.63) is 59.7 Å². The standard InChI is InChI=1S/C27H35N3O5/c1-27(2,15-24(31)32)17-28-25(33)23(13-14-30(3)4)29-26(34)35-16-22-20-11-7-5-9-18(20)19-10-6-8-12-21(19)22/h5-12,22-23H,13-17H2,1-4H3,(H,28,33)(H,29,34)(H,31,32). The van der Waals surface area contributed by atoms with Gasteiger partial charge >= 0.3 is 12.1 Å². The van der Waals surface area contributed by atoms with Gasteiger partial charge in [-0.25, -0.2) is 4.79 Å². The monoisotopic (exact) mass is 481 g/mol. The average Bonchev–Trinajstić information content (AvgIpc) is 3.11. The first-order chi connectivity index (χ1) is 16.6. The van der Waals surface area contributed by atoms with E-state index in [4.69, 9.17) is 9.84 Å². The number of carboxylic acid groups (broad SMARTS) is 1. The summed E-state index contributed by atoms with van der Waals surface area (Å²) < 4.78 is 5.60. The maximum Gasteiger partial charge on any atom is 0.407 e. The molecule has 1 aliphatic carbocycles. The Bertz CT molecular complexity index is 1020. The molecule has 3 rings (SSSR count). The van der Waals surface area contributed by atoms with Crippen LogP contribution in [0.1, 0.15) is 43.7 Å². The third-order valence-corrected chi connectivity index (χ3v) is 6.19. The third-order valence-electron chi connectivity index (χ3n) is 6.19. The number of amides is 2. The number of hydrogen-bond acceptors (Lipinski definition) is 5.